The van der Waals surface area contributed by atoms with E-state index in [9.17, 15) is 120 Å². The predicted molar refractivity (Wildman–Crippen MR) is 484 cm³/mol. The lowest BCUT2D eigenvalue weighted by atomic mass is 9.96. The van der Waals surface area contributed by atoms with Crippen molar-refractivity contribution in [3.8, 4) is 5.75 Å². The molecule has 0 aromatic heterocycles. The number of carbonyl (C=O) groups is 23. The molecule has 0 spiro atoms. The molecule has 1 aliphatic rings. The number of likely N-dealkylation sites (tertiary alicyclic amines) is 1. The molecule has 0 aliphatic carbocycles. The van der Waals surface area contributed by atoms with Crippen LogP contribution < -0.4 is 126 Å². The minimum Gasteiger partial charge on any atom is -0.508 e. The Balaban J connectivity index is 1.91. The van der Waals surface area contributed by atoms with E-state index in [4.69, 9.17) is 51.0 Å². The van der Waals surface area contributed by atoms with E-state index in [2.05, 4.69) is 79.8 Å². The number of aromatic hydroxyl groups is 1. The van der Waals surface area contributed by atoms with Gasteiger partial charge in [0.15, 0.2) is 0 Å². The molecule has 1 aliphatic heterocycles. The Hall–Kier alpha value is -14.1. The monoisotopic (exact) mass is 1920 g/mol. The van der Waals surface area contributed by atoms with E-state index in [1.165, 1.54) is 36.1 Å². The van der Waals surface area contributed by atoms with Crippen molar-refractivity contribution >= 4 is 136 Å². The van der Waals surface area contributed by atoms with Gasteiger partial charge in [0.2, 0.25) is 124 Å². The van der Waals surface area contributed by atoms with Gasteiger partial charge in [-0.1, -0.05) is 96.8 Å². The molecule has 754 valence electrons. The third kappa shape index (κ3) is 42.4. The minimum atomic E-state index is -2.09. The van der Waals surface area contributed by atoms with Crippen LogP contribution in [0.3, 0.4) is 0 Å². The fourth-order valence-corrected chi connectivity index (χ4v) is 14.0. The van der Waals surface area contributed by atoms with Crippen LogP contribution in [0.4, 0.5) is 0 Å². The molecule has 17 atom stereocenters. The Bertz CT molecular complexity index is 4510. The number of benzene rings is 2. The van der Waals surface area contributed by atoms with Crippen LogP contribution in [-0.4, -0.2) is 280 Å². The number of nitrogens with two attached hydrogens (primary N) is 8. The predicted octanol–water partition coefficient (Wildman–Crippen LogP) is -8.84. The standard InChI is InChI=1S/C86H134N24O26/c1-8-44(5)70(108-73(123)50(89)27-30-68(118)119)85(135)107-60(34-43(3)4)86(136)110-33-17-22-61(110)83(133)95-41-67(117)98-56(37-63(91)113)77(127)97-46(7)72(122)102-59(40-66(94)116)82(132)109-71(45(6)9-2)84(134)106-58(39-65(93)115)81(131)104-55(36-48-23-25-49(111)26-24-48)79(129)105-57(38-64(92)114)80(130)101-53(28-29-62(90)112)76(126)100-52(21-14-16-32-88)75(125)103-54(35-47-18-11-10-12-19-47)78(128)99-51(20-13-15-31-87)74(124)96-42-69(120)121/h10-12,18-19,23-26,43-46,50-61,70-71,111H,8-9,13-17,20-22,27-42,87-89H2,1-7H3,(H2,90,112)(H2,91,113)(H2,92,114)(H2,93,115)(H2,94,116)(H,95,133)(H,96,124)(H,97,127)(H,98,117)(H,99,128)(H,100,126)(H,101,130)(H,102,122)(H,103,125)(H,104,131)(H,105,129)(H,106,134)(H,107,135)(H,108,123)(H,109,132)(H,118,119)(H,120,121)/t44-,45-,46-,50-,51-,52-,53-,54-,55-,56-,57-,58-,59-,60-,61-,70-,71-/m0/s1. The number of phenolic OH excluding ortho intramolecular Hbond substituents is 1. The largest absolute Gasteiger partial charge is 0.508 e. The average Bonchev–Trinajstić information content (AvgIpc) is 1.49. The first kappa shape index (κ1) is 116. The summed E-state index contributed by atoms with van der Waals surface area (Å²) in [6.45, 7) is 9.69. The fraction of sp³-hybridized carbons (Fsp3) is 0.593. The molecule has 0 bridgehead atoms. The summed E-state index contributed by atoms with van der Waals surface area (Å²) < 4.78 is 0. The number of nitrogens with zero attached hydrogens (tertiary/aromatic N) is 1. The molecular formula is C86H134N24O26. The number of hydrogen-bond donors (Lipinski definition) is 26. The number of amides is 21. The lowest BCUT2D eigenvalue weighted by molar-refractivity contribution is -0.142. The number of unbranched alkanes of at least 4 members (excludes halogenated alkanes) is 2. The van der Waals surface area contributed by atoms with E-state index < -0.39 is 303 Å². The van der Waals surface area contributed by atoms with Crippen molar-refractivity contribution in [3.63, 3.8) is 0 Å². The van der Waals surface area contributed by atoms with Crippen LogP contribution in [0, 0.1) is 17.8 Å². The summed E-state index contributed by atoms with van der Waals surface area (Å²) in [5.41, 5.74) is 45.8. The first-order chi connectivity index (χ1) is 64.0. The maximum atomic E-state index is 14.8. The van der Waals surface area contributed by atoms with E-state index in [-0.39, 0.29) is 94.7 Å². The van der Waals surface area contributed by atoms with Crippen LogP contribution >= 0.6 is 0 Å². The van der Waals surface area contributed by atoms with Gasteiger partial charge in [0, 0.05) is 32.2 Å². The molecule has 50 nitrogen and oxygen atoms in total. The van der Waals surface area contributed by atoms with Gasteiger partial charge in [0.1, 0.15) is 96.9 Å². The van der Waals surface area contributed by atoms with Crippen molar-refractivity contribution < 1.29 is 126 Å². The number of carboxylic acids is 2. The zero-order valence-corrected chi connectivity index (χ0v) is 77.3. The van der Waals surface area contributed by atoms with Crippen LogP contribution in [0.15, 0.2) is 54.6 Å². The molecule has 21 amide bonds. The minimum absolute atomic E-state index is 0.00146. The number of primary amides is 5. The number of hydrogen-bond acceptors (Lipinski definition) is 27. The Morgan fingerprint density at radius 1 is 0.390 bits per heavy atom. The van der Waals surface area contributed by atoms with E-state index >= 15 is 0 Å². The first-order valence-electron chi connectivity index (χ1n) is 44.7. The van der Waals surface area contributed by atoms with Gasteiger partial charge in [0.25, 0.3) is 0 Å². The average molecular weight is 1920 g/mol. The Morgan fingerprint density at radius 3 is 1.22 bits per heavy atom. The van der Waals surface area contributed by atoms with Crippen molar-refractivity contribution in [1.29, 1.82) is 0 Å². The molecular weight excluding hydrogens is 1790 g/mol. The normalized spacial score (nSPS) is 15.7. The van der Waals surface area contributed by atoms with Gasteiger partial charge in [-0.3, -0.25) is 110 Å². The molecule has 3 rings (SSSR count). The van der Waals surface area contributed by atoms with E-state index in [0.29, 0.717) is 31.2 Å². The van der Waals surface area contributed by atoms with Gasteiger partial charge in [0.05, 0.1) is 38.3 Å². The van der Waals surface area contributed by atoms with Gasteiger partial charge in [-0.15, -0.1) is 0 Å². The van der Waals surface area contributed by atoms with Crippen LogP contribution in [0.2, 0.25) is 0 Å². The van der Waals surface area contributed by atoms with E-state index in [1.807, 2.05) is 0 Å². The van der Waals surface area contributed by atoms with Crippen LogP contribution in [0.5, 0.6) is 5.75 Å². The summed E-state index contributed by atoms with van der Waals surface area (Å²) in [6, 6.07) is -11.4. The second kappa shape index (κ2) is 59.5. The van der Waals surface area contributed by atoms with Gasteiger partial charge in [-0.05, 0) is 132 Å². The summed E-state index contributed by atoms with van der Waals surface area (Å²) in [7, 11) is 0. The lowest BCUT2D eigenvalue weighted by Gasteiger charge is -2.31. The van der Waals surface area contributed by atoms with Crippen molar-refractivity contribution in [2.75, 3.05) is 32.7 Å². The zero-order valence-electron chi connectivity index (χ0n) is 77.3. The lowest BCUT2D eigenvalue weighted by Crippen LogP contribution is -2.62. The molecule has 0 unspecified atom stereocenters. The molecule has 1 fully saturated rings. The molecule has 0 radical (unpaired) electrons. The summed E-state index contributed by atoms with van der Waals surface area (Å²) in [6.07, 6.45) is -4.82. The number of aliphatic carboxylic acids is 2. The molecule has 1 saturated heterocycles. The second-order valence-electron chi connectivity index (χ2n) is 33.6. The highest BCUT2D eigenvalue weighted by molar-refractivity contribution is 6.03. The highest BCUT2D eigenvalue weighted by Gasteiger charge is 2.43. The molecule has 136 heavy (non-hydrogen) atoms. The molecule has 2 aromatic rings. The van der Waals surface area contributed by atoms with Crippen molar-refractivity contribution in [1.82, 2.24) is 84.7 Å². The summed E-state index contributed by atoms with van der Waals surface area (Å²) in [5.74, 6) is -27.5. The van der Waals surface area contributed by atoms with Gasteiger partial charge in [-0.2, -0.15) is 0 Å². The molecule has 34 N–H and O–H groups in total. The van der Waals surface area contributed by atoms with Crippen molar-refractivity contribution in [3.05, 3.63) is 65.7 Å². The molecule has 1 heterocycles. The quantitative estimate of drug-likeness (QED) is 0.0274. The maximum absolute atomic E-state index is 14.8. The summed E-state index contributed by atoms with van der Waals surface area (Å²) in [4.78, 5) is 313. The Labute approximate surface area is 784 Å². The fourth-order valence-electron chi connectivity index (χ4n) is 14.0. The number of carbonyl (C=O) groups excluding carboxylic acids is 21. The zero-order chi connectivity index (χ0) is 102. The summed E-state index contributed by atoms with van der Waals surface area (Å²) in [5, 5.41) is 64.5. The SMILES string of the molecule is CC[C@H](C)[C@H](NC(=O)[C@H](CC(N)=O)NC(=O)[C@H](C)NC(=O)[C@H](CC(N)=O)NC(=O)CNC(=O)[C@@H]1CCCN1C(=O)[C@H](CC(C)C)NC(=O)[C@@H](NC(=O)[C@@H](N)CCC(=O)O)[C@@H](C)CC)C(=O)N[C@@H](CC(N)=O)C(=O)N[C@@H](Cc1ccc(O)cc1)C(=O)N[C@@H](CC(N)=O)C(=O)N[C@@H](CCC(N)=O)C(=O)N[C@@H](CCCCN)C(=O)N[C@@H](Cc1ccccc1)C(=O)N[C@@H](CCCCN)C(=O)NCC(=O)O. The van der Waals surface area contributed by atoms with Crippen LogP contribution in [0.25, 0.3) is 0 Å². The van der Waals surface area contributed by atoms with Crippen molar-refractivity contribution in [2.45, 2.75) is 274 Å². The Kier molecular flexibility index (Phi) is 50.8. The van der Waals surface area contributed by atoms with Gasteiger partial charge < -0.3 is 146 Å². The van der Waals surface area contributed by atoms with Crippen LogP contribution in [-0.2, 0) is 123 Å². The maximum Gasteiger partial charge on any atom is 0.322 e. The van der Waals surface area contributed by atoms with E-state index in [0.717, 1.165) is 6.92 Å². The van der Waals surface area contributed by atoms with Crippen molar-refractivity contribution in [2.24, 2.45) is 63.6 Å². The number of carboxylic acid groups (broad SMARTS) is 2. The smallest absolute Gasteiger partial charge is 0.322 e. The highest BCUT2D eigenvalue weighted by atomic mass is 16.4. The number of rotatable bonds is 64. The van der Waals surface area contributed by atoms with E-state index in [1.54, 1.807) is 65.0 Å². The molecule has 50 heteroatoms. The number of nitrogens with one attached hydrogen (secondary N) is 15. The van der Waals surface area contributed by atoms with Crippen LogP contribution in [0.1, 0.15) is 182 Å². The summed E-state index contributed by atoms with van der Waals surface area (Å²) >= 11 is 0. The molecule has 0 saturated carbocycles. The third-order valence-electron chi connectivity index (χ3n) is 21.9. The Morgan fingerprint density at radius 2 is 0.779 bits per heavy atom. The van der Waals surface area contributed by atoms with Gasteiger partial charge in [-0.25, -0.2) is 0 Å². The van der Waals surface area contributed by atoms with Gasteiger partial charge >= 0.3 is 11.9 Å². The number of phenols is 1. The first-order valence-corrected chi connectivity index (χ1v) is 44.7. The second-order valence-corrected chi connectivity index (χ2v) is 33.6. The molecule has 2 aromatic carbocycles. The third-order valence-corrected chi connectivity index (χ3v) is 21.9. The topological polar surface area (TPSA) is 845 Å². The highest BCUT2D eigenvalue weighted by Crippen LogP contribution is 2.23.